The Hall–Kier alpha value is -4.48. The van der Waals surface area contributed by atoms with Crippen molar-refractivity contribution in [1.82, 2.24) is 14.5 Å². The van der Waals surface area contributed by atoms with Crippen LogP contribution in [-0.2, 0) is 12.8 Å². The van der Waals surface area contributed by atoms with Gasteiger partial charge in [0.15, 0.2) is 0 Å². The van der Waals surface area contributed by atoms with Crippen molar-refractivity contribution in [3.63, 3.8) is 0 Å². The van der Waals surface area contributed by atoms with Crippen LogP contribution in [0.5, 0.6) is 0 Å². The van der Waals surface area contributed by atoms with E-state index in [0.29, 0.717) is 4.83 Å². The summed E-state index contributed by atoms with van der Waals surface area (Å²) < 4.78 is 33.5. The minimum Gasteiger partial charge on any atom is -0.456 e. The summed E-state index contributed by atoms with van der Waals surface area (Å²) in [5.74, 6) is 0.842. The Morgan fingerprint density at radius 2 is 1.68 bits per heavy atom. The number of hydrogen-bond acceptors (Lipinski definition) is 4. The van der Waals surface area contributed by atoms with E-state index in [1.54, 1.807) is 6.07 Å². The minimum atomic E-state index is -2.26. The van der Waals surface area contributed by atoms with Gasteiger partial charge in [-0.1, -0.05) is 56.3 Å². The Kier molecular flexibility index (Phi) is 4.48. The van der Waals surface area contributed by atoms with Gasteiger partial charge in [-0.05, 0) is 67.7 Å². The van der Waals surface area contributed by atoms with E-state index < -0.39 is 6.85 Å². The van der Waals surface area contributed by atoms with Crippen LogP contribution < -0.4 is 0 Å². The molecule has 5 heteroatoms. The number of benzene rings is 4. The van der Waals surface area contributed by atoms with Crippen LogP contribution in [0.3, 0.4) is 0 Å². The third kappa shape index (κ3) is 3.24. The normalized spacial score (nSPS) is 13.5. The summed E-state index contributed by atoms with van der Waals surface area (Å²) in [6.45, 7) is 2.13. The first-order valence-corrected chi connectivity index (χ1v) is 14.5. The molecule has 40 heavy (non-hydrogen) atoms. The zero-order valence-corrected chi connectivity index (χ0v) is 23.0. The molecule has 0 amide bonds. The van der Waals surface area contributed by atoms with Crippen molar-refractivity contribution in [1.29, 1.82) is 0 Å². The fourth-order valence-electron chi connectivity index (χ4n) is 6.14. The molecule has 0 bridgehead atoms. The SMILES string of the molecule is [2H]C([2H])([2H])c1ccc2c(n1)sc1c(-c3nc4ccccc4n3-c3c(CC)cc4c(oc5ccccc54)c3CC)cccc12. The molecule has 8 aromatic rings. The third-order valence-electron chi connectivity index (χ3n) is 7.94. The summed E-state index contributed by atoms with van der Waals surface area (Å²) in [5, 5.41) is 4.26. The highest BCUT2D eigenvalue weighted by Crippen LogP contribution is 2.43. The first-order valence-electron chi connectivity index (χ1n) is 15.1. The number of aromatic nitrogens is 3. The molecule has 0 aliphatic rings. The molecule has 0 spiro atoms. The maximum Gasteiger partial charge on any atom is 0.147 e. The topological polar surface area (TPSA) is 43.9 Å². The second kappa shape index (κ2) is 8.77. The number of fused-ring (bicyclic) bond motifs is 7. The highest BCUT2D eigenvalue weighted by Gasteiger charge is 2.24. The van der Waals surface area contributed by atoms with Crippen LogP contribution in [0.4, 0.5) is 0 Å². The zero-order chi connectivity index (χ0) is 29.5. The standard InChI is InChI=1S/C35H27N3OS/c1-4-21-19-27-23-11-6-9-16-30(23)39-32(27)22(5-2)31(21)38-29-15-8-7-14-28(29)37-34(38)26-13-10-12-24-25-18-17-20(3)36-35(25)40-33(24)26/h6-19H,4-5H2,1-3H3/i3D3. The van der Waals surface area contributed by atoms with Crippen molar-refractivity contribution in [2.45, 2.75) is 33.5 Å². The number of nitrogens with zero attached hydrogens (tertiary/aromatic N) is 3. The second-order valence-electron chi connectivity index (χ2n) is 10.1. The van der Waals surface area contributed by atoms with Crippen molar-refractivity contribution < 1.29 is 8.53 Å². The monoisotopic (exact) mass is 540 g/mol. The Morgan fingerprint density at radius 3 is 2.55 bits per heavy atom. The van der Waals surface area contributed by atoms with Crippen LogP contribution in [0.25, 0.3) is 70.3 Å². The van der Waals surface area contributed by atoms with Gasteiger partial charge in [-0.3, -0.25) is 4.57 Å². The second-order valence-corrected chi connectivity index (χ2v) is 11.1. The van der Waals surface area contributed by atoms with Gasteiger partial charge in [0.1, 0.15) is 21.8 Å². The molecule has 4 aromatic heterocycles. The molecule has 8 rings (SSSR count). The Bertz CT molecular complexity index is 2380. The van der Waals surface area contributed by atoms with E-state index in [9.17, 15) is 0 Å². The fourth-order valence-corrected chi connectivity index (χ4v) is 7.32. The van der Waals surface area contributed by atoms with Gasteiger partial charge in [-0.25, -0.2) is 9.97 Å². The molecular weight excluding hydrogens is 510 g/mol. The van der Waals surface area contributed by atoms with Crippen LogP contribution in [0, 0.1) is 6.85 Å². The Balaban J connectivity index is 1.48. The van der Waals surface area contributed by atoms with E-state index in [2.05, 4.69) is 78.0 Å². The van der Waals surface area contributed by atoms with E-state index in [4.69, 9.17) is 13.5 Å². The number of imidazole rings is 1. The van der Waals surface area contributed by atoms with Crippen LogP contribution in [0.1, 0.15) is 34.8 Å². The molecule has 4 aromatic carbocycles. The van der Waals surface area contributed by atoms with Crippen LogP contribution in [0.2, 0.25) is 0 Å². The van der Waals surface area contributed by atoms with Gasteiger partial charge in [0.25, 0.3) is 0 Å². The molecule has 0 aliphatic carbocycles. The molecule has 0 fully saturated rings. The van der Waals surface area contributed by atoms with E-state index in [1.807, 2.05) is 24.3 Å². The average Bonchev–Trinajstić information content (AvgIpc) is 3.70. The largest absolute Gasteiger partial charge is 0.456 e. The average molecular weight is 541 g/mol. The summed E-state index contributed by atoms with van der Waals surface area (Å²) >= 11 is 1.52. The van der Waals surface area contributed by atoms with Gasteiger partial charge in [0.05, 0.1) is 16.7 Å². The van der Waals surface area contributed by atoms with Gasteiger partial charge < -0.3 is 4.42 Å². The number of thiophene rings is 1. The third-order valence-corrected chi connectivity index (χ3v) is 9.09. The number of pyridine rings is 1. The van der Waals surface area contributed by atoms with E-state index in [-0.39, 0.29) is 5.69 Å². The fraction of sp³-hybridized carbons (Fsp3) is 0.143. The predicted molar refractivity (Wildman–Crippen MR) is 168 cm³/mol. The van der Waals surface area contributed by atoms with Gasteiger partial charge >= 0.3 is 0 Å². The molecule has 4 heterocycles. The molecule has 0 radical (unpaired) electrons. The summed E-state index contributed by atoms with van der Waals surface area (Å²) in [5.41, 5.74) is 8.34. The Morgan fingerprint density at radius 1 is 0.825 bits per heavy atom. The van der Waals surface area contributed by atoms with Crippen LogP contribution >= 0.6 is 11.3 Å². The quantitative estimate of drug-likeness (QED) is 0.223. The highest BCUT2D eigenvalue weighted by molar-refractivity contribution is 7.26. The predicted octanol–water partition coefficient (Wildman–Crippen LogP) is 9.79. The van der Waals surface area contributed by atoms with Crippen molar-refractivity contribution >= 4 is 64.6 Å². The lowest BCUT2D eigenvalue weighted by Gasteiger charge is -2.18. The maximum absolute atomic E-state index is 7.87. The van der Waals surface area contributed by atoms with Crippen molar-refractivity contribution in [2.24, 2.45) is 0 Å². The van der Waals surface area contributed by atoms with Crippen molar-refractivity contribution in [2.75, 3.05) is 0 Å². The highest BCUT2D eigenvalue weighted by atomic mass is 32.1. The minimum absolute atomic E-state index is 0.111. The van der Waals surface area contributed by atoms with E-state index in [0.717, 1.165) is 83.9 Å². The number of rotatable bonds is 4. The Labute approximate surface area is 239 Å². The van der Waals surface area contributed by atoms with Crippen molar-refractivity contribution in [3.8, 4) is 17.1 Å². The molecule has 194 valence electrons. The summed E-state index contributed by atoms with van der Waals surface area (Å²) in [6, 6.07) is 28.5. The molecule has 0 aliphatic heterocycles. The lowest BCUT2D eigenvalue weighted by atomic mass is 9.97. The number of para-hydroxylation sites is 3. The van der Waals surface area contributed by atoms with E-state index in [1.165, 1.54) is 16.9 Å². The lowest BCUT2D eigenvalue weighted by molar-refractivity contribution is 0.662. The van der Waals surface area contributed by atoms with Gasteiger partial charge in [-0.2, -0.15) is 0 Å². The zero-order valence-electron chi connectivity index (χ0n) is 25.2. The van der Waals surface area contributed by atoms with Crippen molar-refractivity contribution in [3.05, 3.63) is 102 Å². The molecule has 0 saturated carbocycles. The molecular formula is C35H27N3OS. The summed E-state index contributed by atoms with van der Waals surface area (Å²) in [4.78, 5) is 10.5. The van der Waals surface area contributed by atoms with Crippen LogP contribution in [-0.4, -0.2) is 14.5 Å². The first kappa shape index (κ1) is 20.4. The summed E-state index contributed by atoms with van der Waals surface area (Å²) in [7, 11) is 0. The lowest BCUT2D eigenvalue weighted by Crippen LogP contribution is -2.06. The molecule has 0 saturated heterocycles. The summed E-state index contributed by atoms with van der Waals surface area (Å²) in [6.07, 6.45) is 1.64. The molecule has 0 unspecified atom stereocenters. The van der Waals surface area contributed by atoms with Crippen LogP contribution in [0.15, 0.2) is 89.3 Å². The number of furan rings is 1. The molecule has 4 nitrogen and oxygen atoms in total. The number of hydrogen-bond donors (Lipinski definition) is 0. The molecule has 0 N–H and O–H groups in total. The molecule has 0 atom stereocenters. The maximum atomic E-state index is 7.87. The number of aryl methyl sites for hydroxylation is 3. The van der Waals surface area contributed by atoms with Gasteiger partial charge in [0.2, 0.25) is 0 Å². The smallest absolute Gasteiger partial charge is 0.147 e. The first-order chi connectivity index (χ1) is 20.9. The van der Waals surface area contributed by atoms with E-state index >= 15 is 0 Å². The van der Waals surface area contributed by atoms with Gasteiger partial charge in [-0.15, -0.1) is 11.3 Å². The van der Waals surface area contributed by atoms with Gasteiger partial charge in [0, 0.05) is 47.2 Å².